The number of methoxy groups -OCH3 is 1. The molecule has 0 aliphatic heterocycles. The first-order chi connectivity index (χ1) is 15.6. The van der Waals surface area contributed by atoms with Gasteiger partial charge in [0, 0.05) is 24.8 Å². The van der Waals surface area contributed by atoms with Crippen LogP contribution < -0.4 is 15.6 Å². The van der Waals surface area contributed by atoms with E-state index in [1.807, 2.05) is 67.7 Å². The average molecular weight is 449 g/mol. The molecule has 0 spiro atoms. The smallest absolute Gasteiger partial charge is 0.278 e. The number of fused-ring (bicyclic) bond motifs is 1. The van der Waals surface area contributed by atoms with E-state index < -0.39 is 0 Å². The lowest BCUT2D eigenvalue weighted by Crippen LogP contribution is -2.26. The van der Waals surface area contributed by atoms with Crippen LogP contribution in [0.1, 0.15) is 12.5 Å². The van der Waals surface area contributed by atoms with Crippen LogP contribution in [0.25, 0.3) is 22.2 Å². The van der Waals surface area contributed by atoms with Gasteiger partial charge in [-0.3, -0.25) is 14.2 Å². The maximum absolute atomic E-state index is 13.0. The van der Waals surface area contributed by atoms with Crippen LogP contribution in [0.2, 0.25) is 0 Å². The summed E-state index contributed by atoms with van der Waals surface area (Å²) in [5, 5.41) is 3.43. The lowest BCUT2D eigenvalue weighted by atomic mass is 10.1. The van der Waals surface area contributed by atoms with E-state index in [1.165, 1.54) is 11.8 Å². The van der Waals surface area contributed by atoms with Crippen molar-refractivity contribution in [1.82, 2.24) is 19.9 Å². The van der Waals surface area contributed by atoms with E-state index in [2.05, 4.69) is 10.3 Å². The number of hydrogen-bond donors (Lipinski definition) is 2. The van der Waals surface area contributed by atoms with Gasteiger partial charge in [-0.2, -0.15) is 0 Å². The lowest BCUT2D eigenvalue weighted by molar-refractivity contribution is -0.118. The number of H-pyrrole nitrogens is 1. The SMILES string of the molecule is CCn1c(SCC(=O)NCc2cccc(OC)c2)nc2c(-c3ccccc3)c[nH]c2c1=O. The summed E-state index contributed by atoms with van der Waals surface area (Å²) in [7, 11) is 1.61. The van der Waals surface area contributed by atoms with Crippen LogP contribution in [0, 0.1) is 0 Å². The second-order valence-electron chi connectivity index (χ2n) is 7.15. The second kappa shape index (κ2) is 9.74. The molecule has 0 saturated heterocycles. The molecule has 0 fully saturated rings. The number of ether oxygens (including phenoxy) is 1. The molecule has 4 aromatic rings. The zero-order valence-corrected chi connectivity index (χ0v) is 18.7. The fraction of sp³-hybridized carbons (Fsp3) is 0.208. The third-order valence-electron chi connectivity index (χ3n) is 5.11. The number of benzene rings is 2. The summed E-state index contributed by atoms with van der Waals surface area (Å²) in [4.78, 5) is 33.3. The van der Waals surface area contributed by atoms with Crippen LogP contribution in [0.5, 0.6) is 5.75 Å². The molecular formula is C24H24N4O3S. The zero-order valence-electron chi connectivity index (χ0n) is 17.9. The van der Waals surface area contributed by atoms with Crippen LogP contribution in [0.4, 0.5) is 0 Å². The maximum Gasteiger partial charge on any atom is 0.278 e. The third kappa shape index (κ3) is 4.55. The summed E-state index contributed by atoms with van der Waals surface area (Å²) in [6.45, 7) is 2.76. The highest BCUT2D eigenvalue weighted by atomic mass is 32.2. The summed E-state index contributed by atoms with van der Waals surface area (Å²) < 4.78 is 6.80. The Kier molecular flexibility index (Phi) is 6.61. The number of carbonyl (C=O) groups excluding carboxylic acids is 1. The quantitative estimate of drug-likeness (QED) is 0.316. The van der Waals surface area contributed by atoms with Gasteiger partial charge in [0.05, 0.1) is 12.9 Å². The Labute approximate surface area is 189 Å². The van der Waals surface area contributed by atoms with Crippen molar-refractivity contribution in [1.29, 1.82) is 0 Å². The van der Waals surface area contributed by atoms with Gasteiger partial charge in [-0.15, -0.1) is 0 Å². The number of aromatic nitrogens is 3. The van der Waals surface area contributed by atoms with E-state index >= 15 is 0 Å². The molecule has 0 unspecified atom stereocenters. The molecule has 7 nitrogen and oxygen atoms in total. The first kappa shape index (κ1) is 21.7. The summed E-state index contributed by atoms with van der Waals surface area (Å²) >= 11 is 1.26. The van der Waals surface area contributed by atoms with Crippen molar-refractivity contribution < 1.29 is 9.53 Å². The molecule has 0 atom stereocenters. The molecular weight excluding hydrogens is 424 g/mol. The number of thioether (sulfide) groups is 1. The molecule has 164 valence electrons. The highest BCUT2D eigenvalue weighted by Gasteiger charge is 2.17. The van der Waals surface area contributed by atoms with Gasteiger partial charge < -0.3 is 15.0 Å². The predicted octanol–water partition coefficient (Wildman–Crippen LogP) is 3.83. The third-order valence-corrected chi connectivity index (χ3v) is 6.08. The minimum absolute atomic E-state index is 0.132. The van der Waals surface area contributed by atoms with Crippen molar-refractivity contribution in [2.24, 2.45) is 0 Å². The molecule has 8 heteroatoms. The van der Waals surface area contributed by atoms with E-state index in [1.54, 1.807) is 11.7 Å². The normalized spacial score (nSPS) is 10.9. The second-order valence-corrected chi connectivity index (χ2v) is 8.10. The number of amides is 1. The average Bonchev–Trinajstić information content (AvgIpc) is 3.26. The van der Waals surface area contributed by atoms with Crippen molar-refractivity contribution >= 4 is 28.7 Å². The largest absolute Gasteiger partial charge is 0.497 e. The van der Waals surface area contributed by atoms with Crippen LogP contribution in [-0.2, 0) is 17.9 Å². The number of hydrogen-bond acceptors (Lipinski definition) is 5. The summed E-state index contributed by atoms with van der Waals surface area (Å²) in [5.41, 5.74) is 3.74. The van der Waals surface area contributed by atoms with Crippen molar-refractivity contribution in [2.45, 2.75) is 25.2 Å². The van der Waals surface area contributed by atoms with Gasteiger partial charge >= 0.3 is 0 Å². The van der Waals surface area contributed by atoms with Crippen molar-refractivity contribution in [3.8, 4) is 16.9 Å². The van der Waals surface area contributed by atoms with Gasteiger partial charge in [0.25, 0.3) is 5.56 Å². The number of carbonyl (C=O) groups is 1. The molecule has 2 heterocycles. The van der Waals surface area contributed by atoms with Gasteiger partial charge in [0.1, 0.15) is 16.8 Å². The summed E-state index contributed by atoms with van der Waals surface area (Å²) in [6, 6.07) is 17.4. The van der Waals surface area contributed by atoms with Crippen molar-refractivity contribution in [3.05, 3.63) is 76.7 Å². The van der Waals surface area contributed by atoms with Crippen LogP contribution >= 0.6 is 11.8 Å². The van der Waals surface area contributed by atoms with E-state index in [0.717, 1.165) is 22.4 Å². The van der Waals surface area contributed by atoms with Gasteiger partial charge in [0.2, 0.25) is 5.91 Å². The van der Waals surface area contributed by atoms with E-state index in [9.17, 15) is 9.59 Å². The van der Waals surface area contributed by atoms with Gasteiger partial charge in [0.15, 0.2) is 5.16 Å². The van der Waals surface area contributed by atoms with Gasteiger partial charge in [-0.1, -0.05) is 54.2 Å². The molecule has 0 aliphatic carbocycles. The number of aromatic amines is 1. The topological polar surface area (TPSA) is 89.0 Å². The number of nitrogens with zero attached hydrogens (tertiary/aromatic N) is 2. The first-order valence-corrected chi connectivity index (χ1v) is 11.3. The lowest BCUT2D eigenvalue weighted by Gasteiger charge is -2.11. The highest BCUT2D eigenvalue weighted by Crippen LogP contribution is 2.27. The zero-order chi connectivity index (χ0) is 22.5. The molecule has 2 N–H and O–H groups in total. The minimum Gasteiger partial charge on any atom is -0.497 e. The van der Waals surface area contributed by atoms with Crippen molar-refractivity contribution in [3.63, 3.8) is 0 Å². The number of nitrogens with one attached hydrogen (secondary N) is 2. The van der Waals surface area contributed by atoms with Gasteiger partial charge in [-0.25, -0.2) is 4.98 Å². The summed E-state index contributed by atoms with van der Waals surface area (Å²) in [5.74, 6) is 0.774. The molecule has 1 amide bonds. The molecule has 0 radical (unpaired) electrons. The minimum atomic E-state index is -0.140. The van der Waals surface area contributed by atoms with Crippen molar-refractivity contribution in [2.75, 3.05) is 12.9 Å². The number of rotatable bonds is 8. The molecule has 0 bridgehead atoms. The molecule has 2 aromatic carbocycles. The standard InChI is InChI=1S/C24H24N4O3S/c1-3-28-23(30)22-21(19(14-26-22)17-9-5-4-6-10-17)27-24(28)32-15-20(29)25-13-16-8-7-11-18(12-16)31-2/h4-12,14,26H,3,13,15H2,1-2H3,(H,25,29). The Morgan fingerprint density at radius 2 is 2.00 bits per heavy atom. The molecule has 4 rings (SSSR count). The van der Waals surface area contributed by atoms with Crippen LogP contribution in [-0.4, -0.2) is 33.3 Å². The monoisotopic (exact) mass is 448 g/mol. The Hall–Kier alpha value is -3.52. The molecule has 0 aliphatic rings. The van der Waals surface area contributed by atoms with E-state index in [0.29, 0.717) is 29.3 Å². The fourth-order valence-corrected chi connectivity index (χ4v) is 4.35. The predicted molar refractivity (Wildman–Crippen MR) is 127 cm³/mol. The fourth-order valence-electron chi connectivity index (χ4n) is 3.46. The van der Waals surface area contributed by atoms with Gasteiger partial charge in [-0.05, 0) is 30.2 Å². The van der Waals surface area contributed by atoms with E-state index in [4.69, 9.17) is 9.72 Å². The highest BCUT2D eigenvalue weighted by molar-refractivity contribution is 7.99. The Bertz CT molecular complexity index is 1300. The van der Waals surface area contributed by atoms with Crippen LogP contribution in [0.15, 0.2) is 70.7 Å². The molecule has 0 saturated carbocycles. The molecule has 32 heavy (non-hydrogen) atoms. The Balaban J connectivity index is 1.53. The first-order valence-electron chi connectivity index (χ1n) is 10.3. The van der Waals surface area contributed by atoms with E-state index in [-0.39, 0.29) is 17.2 Å². The summed E-state index contributed by atoms with van der Waals surface area (Å²) in [6.07, 6.45) is 1.81. The Morgan fingerprint density at radius 1 is 1.19 bits per heavy atom. The van der Waals surface area contributed by atoms with Crippen LogP contribution in [0.3, 0.4) is 0 Å². The maximum atomic E-state index is 13.0. The molecule has 2 aromatic heterocycles. The Morgan fingerprint density at radius 3 is 2.75 bits per heavy atom.